The summed E-state index contributed by atoms with van der Waals surface area (Å²) in [7, 11) is 0. The number of rotatable bonds is 3. The van der Waals surface area contributed by atoms with Crippen molar-refractivity contribution in [3.8, 4) is 0 Å². The fourth-order valence-corrected chi connectivity index (χ4v) is 3.25. The Hall–Kier alpha value is -0.160. The number of aliphatic hydroxyl groups excluding tert-OH is 1. The van der Waals surface area contributed by atoms with Crippen LogP contribution in [0.5, 0.6) is 0 Å². The molecule has 2 aliphatic rings. The zero-order valence-electron chi connectivity index (χ0n) is 11.0. The summed E-state index contributed by atoms with van der Waals surface area (Å²) in [5.41, 5.74) is 6.27. The lowest BCUT2D eigenvalue weighted by Crippen LogP contribution is -2.57. The van der Waals surface area contributed by atoms with Gasteiger partial charge in [-0.25, -0.2) is 0 Å². The van der Waals surface area contributed by atoms with Gasteiger partial charge in [0.2, 0.25) is 0 Å². The van der Waals surface area contributed by atoms with Gasteiger partial charge in [-0.05, 0) is 25.2 Å². The van der Waals surface area contributed by atoms with Gasteiger partial charge in [-0.1, -0.05) is 6.92 Å². The molecule has 4 nitrogen and oxygen atoms in total. The standard InChI is InChI=1S/C13H27N3O/c1-11-2-3-12(14)13(10-11)16-6-4-15(5-7-16)8-9-17/h11-13,17H,2-10,14H2,1H3. The molecule has 100 valence electrons. The molecule has 0 aromatic carbocycles. The largest absolute Gasteiger partial charge is 0.395 e. The zero-order chi connectivity index (χ0) is 12.3. The van der Waals surface area contributed by atoms with Crippen LogP contribution in [0.1, 0.15) is 26.2 Å². The fraction of sp³-hybridized carbons (Fsp3) is 1.00. The van der Waals surface area contributed by atoms with Crippen LogP contribution in [0.15, 0.2) is 0 Å². The van der Waals surface area contributed by atoms with E-state index in [2.05, 4.69) is 16.7 Å². The molecule has 0 aromatic rings. The second-order valence-electron chi connectivity index (χ2n) is 5.75. The first kappa shape index (κ1) is 13.3. The van der Waals surface area contributed by atoms with Crippen LogP contribution in [0, 0.1) is 5.92 Å². The van der Waals surface area contributed by atoms with E-state index in [1.807, 2.05) is 0 Å². The van der Waals surface area contributed by atoms with Crippen LogP contribution in [0.2, 0.25) is 0 Å². The van der Waals surface area contributed by atoms with E-state index in [4.69, 9.17) is 10.8 Å². The molecule has 1 heterocycles. The number of nitrogens with zero attached hydrogens (tertiary/aromatic N) is 2. The number of nitrogens with two attached hydrogens (primary N) is 1. The van der Waals surface area contributed by atoms with E-state index in [9.17, 15) is 0 Å². The molecule has 1 saturated carbocycles. The van der Waals surface area contributed by atoms with Gasteiger partial charge in [0.15, 0.2) is 0 Å². The minimum Gasteiger partial charge on any atom is -0.395 e. The van der Waals surface area contributed by atoms with Gasteiger partial charge in [-0.2, -0.15) is 0 Å². The Morgan fingerprint density at radius 2 is 1.88 bits per heavy atom. The van der Waals surface area contributed by atoms with Crippen molar-refractivity contribution in [2.75, 3.05) is 39.3 Å². The predicted octanol–water partition coefficient (Wildman–Crippen LogP) is 0.112. The van der Waals surface area contributed by atoms with Crippen LogP contribution >= 0.6 is 0 Å². The van der Waals surface area contributed by atoms with E-state index in [0.717, 1.165) is 38.6 Å². The van der Waals surface area contributed by atoms with Gasteiger partial charge >= 0.3 is 0 Å². The lowest BCUT2D eigenvalue weighted by Gasteiger charge is -2.44. The van der Waals surface area contributed by atoms with Crippen LogP contribution in [0.4, 0.5) is 0 Å². The highest BCUT2D eigenvalue weighted by Gasteiger charge is 2.32. The van der Waals surface area contributed by atoms with Gasteiger partial charge < -0.3 is 10.8 Å². The maximum absolute atomic E-state index is 8.93. The molecule has 0 amide bonds. The Kier molecular flexibility index (Phi) is 4.79. The average Bonchev–Trinajstić information content (AvgIpc) is 2.34. The van der Waals surface area contributed by atoms with E-state index >= 15 is 0 Å². The molecular formula is C13H27N3O. The molecule has 0 radical (unpaired) electrons. The molecule has 2 rings (SSSR count). The van der Waals surface area contributed by atoms with Crippen molar-refractivity contribution in [3.63, 3.8) is 0 Å². The summed E-state index contributed by atoms with van der Waals surface area (Å²) in [6.07, 6.45) is 3.74. The van der Waals surface area contributed by atoms with Crippen molar-refractivity contribution in [2.45, 2.75) is 38.3 Å². The smallest absolute Gasteiger partial charge is 0.0558 e. The zero-order valence-corrected chi connectivity index (χ0v) is 11.0. The highest BCUT2D eigenvalue weighted by molar-refractivity contribution is 4.90. The van der Waals surface area contributed by atoms with E-state index in [1.165, 1.54) is 19.3 Å². The first-order valence-electron chi connectivity index (χ1n) is 7.03. The molecule has 1 aliphatic carbocycles. The number of β-amino-alcohol motifs (C(OH)–C–C–N with tert-alkyl or cyclic N) is 1. The van der Waals surface area contributed by atoms with Gasteiger partial charge in [0.1, 0.15) is 0 Å². The normalized spacial score (nSPS) is 37.2. The molecule has 2 fully saturated rings. The molecule has 3 N–H and O–H groups in total. The summed E-state index contributed by atoms with van der Waals surface area (Å²) >= 11 is 0. The van der Waals surface area contributed by atoms with Gasteiger partial charge in [-0.3, -0.25) is 9.80 Å². The van der Waals surface area contributed by atoms with E-state index in [0.29, 0.717) is 12.1 Å². The molecular weight excluding hydrogens is 214 g/mol. The molecule has 1 saturated heterocycles. The van der Waals surface area contributed by atoms with Crippen molar-refractivity contribution in [1.29, 1.82) is 0 Å². The van der Waals surface area contributed by atoms with Crippen LogP contribution in [-0.2, 0) is 0 Å². The maximum Gasteiger partial charge on any atom is 0.0558 e. The summed E-state index contributed by atoms with van der Waals surface area (Å²) in [5, 5.41) is 8.93. The van der Waals surface area contributed by atoms with Crippen LogP contribution in [0.3, 0.4) is 0 Å². The quantitative estimate of drug-likeness (QED) is 0.736. The van der Waals surface area contributed by atoms with Crippen molar-refractivity contribution in [2.24, 2.45) is 11.7 Å². The number of hydrogen-bond donors (Lipinski definition) is 2. The maximum atomic E-state index is 8.93. The SMILES string of the molecule is CC1CCC(N)C(N2CCN(CCO)CC2)C1. The van der Waals surface area contributed by atoms with Crippen LogP contribution < -0.4 is 5.73 Å². The number of aliphatic hydroxyl groups is 1. The van der Waals surface area contributed by atoms with Crippen molar-refractivity contribution >= 4 is 0 Å². The monoisotopic (exact) mass is 241 g/mol. The molecule has 1 aliphatic heterocycles. The van der Waals surface area contributed by atoms with E-state index in [-0.39, 0.29) is 6.61 Å². The third kappa shape index (κ3) is 3.41. The summed E-state index contributed by atoms with van der Waals surface area (Å²) in [6.45, 7) is 7.84. The summed E-state index contributed by atoms with van der Waals surface area (Å²) in [6, 6.07) is 0.964. The number of hydrogen-bond acceptors (Lipinski definition) is 4. The van der Waals surface area contributed by atoms with E-state index in [1.54, 1.807) is 0 Å². The summed E-state index contributed by atoms with van der Waals surface area (Å²) in [4.78, 5) is 4.92. The Bertz CT molecular complexity index is 229. The second kappa shape index (κ2) is 6.14. The third-order valence-electron chi connectivity index (χ3n) is 4.42. The minimum absolute atomic E-state index is 0.278. The van der Waals surface area contributed by atoms with Crippen LogP contribution in [-0.4, -0.2) is 66.3 Å². The molecule has 0 bridgehead atoms. The molecule has 0 aromatic heterocycles. The third-order valence-corrected chi connectivity index (χ3v) is 4.42. The molecule has 0 spiro atoms. The van der Waals surface area contributed by atoms with Gasteiger partial charge in [-0.15, -0.1) is 0 Å². The Morgan fingerprint density at radius 1 is 1.18 bits per heavy atom. The lowest BCUT2D eigenvalue weighted by atomic mass is 9.83. The lowest BCUT2D eigenvalue weighted by molar-refractivity contribution is 0.0522. The molecule has 4 heteroatoms. The van der Waals surface area contributed by atoms with E-state index < -0.39 is 0 Å². The van der Waals surface area contributed by atoms with Gasteiger partial charge in [0.05, 0.1) is 6.61 Å². The first-order valence-corrected chi connectivity index (χ1v) is 7.03. The summed E-state index contributed by atoms with van der Waals surface area (Å²) < 4.78 is 0. The number of piperazine rings is 1. The highest BCUT2D eigenvalue weighted by atomic mass is 16.3. The van der Waals surface area contributed by atoms with Crippen molar-refractivity contribution in [3.05, 3.63) is 0 Å². The minimum atomic E-state index is 0.278. The molecule has 3 unspecified atom stereocenters. The second-order valence-corrected chi connectivity index (χ2v) is 5.75. The summed E-state index contributed by atoms with van der Waals surface area (Å²) in [5.74, 6) is 0.829. The molecule has 3 atom stereocenters. The van der Waals surface area contributed by atoms with Crippen LogP contribution in [0.25, 0.3) is 0 Å². The van der Waals surface area contributed by atoms with Crippen molar-refractivity contribution in [1.82, 2.24) is 9.80 Å². The average molecular weight is 241 g/mol. The molecule has 17 heavy (non-hydrogen) atoms. The predicted molar refractivity (Wildman–Crippen MR) is 69.9 cm³/mol. The highest BCUT2D eigenvalue weighted by Crippen LogP contribution is 2.27. The van der Waals surface area contributed by atoms with Gasteiger partial charge in [0, 0.05) is 44.8 Å². The fourth-order valence-electron chi connectivity index (χ4n) is 3.25. The Morgan fingerprint density at radius 3 is 2.53 bits per heavy atom. The topological polar surface area (TPSA) is 52.7 Å². The Labute approximate surface area is 105 Å². The first-order chi connectivity index (χ1) is 8.20. The van der Waals surface area contributed by atoms with Crippen molar-refractivity contribution < 1.29 is 5.11 Å². The van der Waals surface area contributed by atoms with Gasteiger partial charge in [0.25, 0.3) is 0 Å². The Balaban J connectivity index is 1.82.